The molecule has 1 aromatic heterocycles. The Morgan fingerprint density at radius 3 is 2.74 bits per heavy atom. The Morgan fingerprint density at radius 1 is 1.22 bits per heavy atom. The van der Waals surface area contributed by atoms with Crippen LogP contribution in [0.25, 0.3) is 0 Å². The van der Waals surface area contributed by atoms with Gasteiger partial charge in [0.2, 0.25) is 5.95 Å². The van der Waals surface area contributed by atoms with Gasteiger partial charge in [-0.15, -0.1) is 0 Å². The van der Waals surface area contributed by atoms with E-state index in [1.54, 1.807) is 7.11 Å². The maximum absolute atomic E-state index is 5.27. The van der Waals surface area contributed by atoms with Crippen molar-refractivity contribution in [3.8, 4) is 5.75 Å². The third kappa shape index (κ3) is 4.34. The molecule has 0 aliphatic heterocycles. The van der Waals surface area contributed by atoms with Gasteiger partial charge in [-0.3, -0.25) is 0 Å². The minimum absolute atomic E-state index is 0.315. The van der Waals surface area contributed by atoms with Crippen LogP contribution in [0.2, 0.25) is 0 Å². The third-order valence-corrected chi connectivity index (χ3v) is 3.77. The molecule has 5 nitrogen and oxygen atoms in total. The molecule has 5 heteroatoms. The molecular weight excluding hydrogens is 288 g/mol. The van der Waals surface area contributed by atoms with E-state index >= 15 is 0 Å². The third-order valence-electron chi connectivity index (χ3n) is 3.77. The summed E-state index contributed by atoms with van der Waals surface area (Å²) in [5, 5.41) is 6.70. The second-order valence-electron chi connectivity index (χ2n) is 6.28. The van der Waals surface area contributed by atoms with Gasteiger partial charge in [0, 0.05) is 24.6 Å². The van der Waals surface area contributed by atoms with Crippen LogP contribution in [0.5, 0.6) is 5.75 Å². The summed E-state index contributed by atoms with van der Waals surface area (Å²) < 4.78 is 5.27. The maximum Gasteiger partial charge on any atom is 0.225 e. The highest BCUT2D eigenvalue weighted by Gasteiger charge is 2.26. The molecule has 23 heavy (non-hydrogen) atoms. The Morgan fingerprint density at radius 2 is 2.04 bits per heavy atom. The lowest BCUT2D eigenvalue weighted by atomic mass is 10.2. The number of hydrogen-bond donors (Lipinski definition) is 2. The molecule has 0 amide bonds. The summed E-state index contributed by atoms with van der Waals surface area (Å²) in [5.41, 5.74) is 2.30. The number of methoxy groups -OCH3 is 1. The predicted octanol–water partition coefficient (Wildman–Crippen LogP) is 3.80. The summed E-state index contributed by atoms with van der Waals surface area (Å²) in [6.45, 7) is 4.90. The number of rotatable bonds is 7. The van der Waals surface area contributed by atoms with Crippen LogP contribution in [0, 0.1) is 0 Å². The summed E-state index contributed by atoms with van der Waals surface area (Å²) in [4.78, 5) is 9.21. The first-order valence-corrected chi connectivity index (χ1v) is 8.16. The fourth-order valence-electron chi connectivity index (χ4n) is 2.44. The van der Waals surface area contributed by atoms with Gasteiger partial charge < -0.3 is 15.4 Å². The Balaban J connectivity index is 1.74. The molecule has 2 aromatic rings. The Labute approximate surface area is 137 Å². The highest BCUT2D eigenvalue weighted by atomic mass is 16.5. The normalized spacial score (nSPS) is 13.9. The van der Waals surface area contributed by atoms with E-state index in [4.69, 9.17) is 4.74 Å². The van der Waals surface area contributed by atoms with Crippen LogP contribution in [-0.4, -0.2) is 23.1 Å². The van der Waals surface area contributed by atoms with E-state index in [0.717, 1.165) is 22.8 Å². The van der Waals surface area contributed by atoms with Crippen molar-refractivity contribution >= 4 is 11.8 Å². The number of nitrogens with zero attached hydrogens (tertiary/aromatic N) is 2. The summed E-state index contributed by atoms with van der Waals surface area (Å²) in [5.74, 6) is 3.04. The fourth-order valence-corrected chi connectivity index (χ4v) is 2.44. The second kappa shape index (κ2) is 6.86. The number of aromatic nitrogens is 2. The van der Waals surface area contributed by atoms with E-state index in [-0.39, 0.29) is 0 Å². The van der Waals surface area contributed by atoms with Crippen LogP contribution in [0.15, 0.2) is 30.3 Å². The lowest BCUT2D eigenvalue weighted by Gasteiger charge is -2.13. The zero-order valence-corrected chi connectivity index (χ0v) is 14.0. The largest absolute Gasteiger partial charge is 0.497 e. The van der Waals surface area contributed by atoms with Crippen LogP contribution in [0.4, 0.5) is 11.8 Å². The summed E-state index contributed by atoms with van der Waals surface area (Å²) in [6.07, 6.45) is 2.46. The Bertz CT molecular complexity index is 668. The number of anilines is 2. The number of hydrogen-bond acceptors (Lipinski definition) is 5. The van der Waals surface area contributed by atoms with Gasteiger partial charge in [-0.05, 0) is 44.4 Å². The maximum atomic E-state index is 5.27. The van der Waals surface area contributed by atoms with Crippen molar-refractivity contribution in [1.29, 1.82) is 0 Å². The topological polar surface area (TPSA) is 59.1 Å². The molecule has 0 spiro atoms. The average molecular weight is 312 g/mol. The predicted molar refractivity (Wildman–Crippen MR) is 93.1 cm³/mol. The molecular formula is C18H24N4O. The highest BCUT2D eigenvalue weighted by molar-refractivity contribution is 5.45. The first-order chi connectivity index (χ1) is 11.1. The molecule has 2 N–H and O–H groups in total. The van der Waals surface area contributed by atoms with Crippen molar-refractivity contribution in [2.24, 2.45) is 0 Å². The van der Waals surface area contributed by atoms with E-state index in [2.05, 4.69) is 46.6 Å². The van der Waals surface area contributed by atoms with Crippen molar-refractivity contribution < 1.29 is 4.74 Å². The van der Waals surface area contributed by atoms with Crippen molar-refractivity contribution in [2.75, 3.05) is 17.7 Å². The standard InChI is InChI=1S/C18H24N4O/c1-12(2)20-18-21-16(14-7-8-14)10-17(22-18)19-11-13-5-4-6-15(9-13)23-3/h4-6,9-10,12,14H,7-8,11H2,1-3H3,(H2,19,20,21,22). The molecule has 0 saturated heterocycles. The average Bonchev–Trinajstić information content (AvgIpc) is 3.37. The lowest BCUT2D eigenvalue weighted by Crippen LogP contribution is -2.14. The van der Waals surface area contributed by atoms with Crippen molar-refractivity contribution in [1.82, 2.24) is 9.97 Å². The molecule has 1 heterocycles. The van der Waals surface area contributed by atoms with Gasteiger partial charge in [-0.2, -0.15) is 4.98 Å². The Hall–Kier alpha value is -2.30. The molecule has 3 rings (SSSR count). The quantitative estimate of drug-likeness (QED) is 0.814. The molecule has 1 fully saturated rings. The van der Waals surface area contributed by atoms with Crippen molar-refractivity contribution in [3.05, 3.63) is 41.6 Å². The minimum Gasteiger partial charge on any atom is -0.497 e. The van der Waals surface area contributed by atoms with Crippen molar-refractivity contribution in [3.63, 3.8) is 0 Å². The number of benzene rings is 1. The molecule has 0 radical (unpaired) electrons. The fraction of sp³-hybridized carbons (Fsp3) is 0.444. The molecule has 1 aromatic carbocycles. The highest BCUT2D eigenvalue weighted by Crippen LogP contribution is 2.39. The van der Waals surface area contributed by atoms with Crippen LogP contribution in [0.1, 0.15) is 43.9 Å². The van der Waals surface area contributed by atoms with Gasteiger partial charge in [0.05, 0.1) is 12.8 Å². The van der Waals surface area contributed by atoms with Gasteiger partial charge in [0.1, 0.15) is 11.6 Å². The monoisotopic (exact) mass is 312 g/mol. The number of ether oxygens (including phenoxy) is 1. The summed E-state index contributed by atoms with van der Waals surface area (Å²) in [6, 6.07) is 10.4. The van der Waals surface area contributed by atoms with Gasteiger partial charge in [-0.25, -0.2) is 4.98 Å². The van der Waals surface area contributed by atoms with Crippen LogP contribution >= 0.6 is 0 Å². The smallest absolute Gasteiger partial charge is 0.225 e. The molecule has 1 aliphatic rings. The molecule has 122 valence electrons. The summed E-state index contributed by atoms with van der Waals surface area (Å²) >= 11 is 0. The van der Waals surface area contributed by atoms with Crippen LogP contribution < -0.4 is 15.4 Å². The van der Waals surface area contributed by atoms with E-state index in [1.165, 1.54) is 12.8 Å². The first kappa shape index (κ1) is 15.6. The lowest BCUT2D eigenvalue weighted by molar-refractivity contribution is 0.414. The molecule has 1 aliphatic carbocycles. The van der Waals surface area contributed by atoms with Gasteiger partial charge >= 0.3 is 0 Å². The molecule has 0 atom stereocenters. The molecule has 0 unspecified atom stereocenters. The first-order valence-electron chi connectivity index (χ1n) is 8.16. The van der Waals surface area contributed by atoms with E-state index in [9.17, 15) is 0 Å². The SMILES string of the molecule is COc1cccc(CNc2cc(C3CC3)nc(NC(C)C)n2)c1. The van der Waals surface area contributed by atoms with E-state index in [0.29, 0.717) is 24.5 Å². The summed E-state index contributed by atoms with van der Waals surface area (Å²) in [7, 11) is 1.68. The molecule has 0 bridgehead atoms. The van der Waals surface area contributed by atoms with E-state index < -0.39 is 0 Å². The minimum atomic E-state index is 0.315. The second-order valence-corrected chi connectivity index (χ2v) is 6.28. The van der Waals surface area contributed by atoms with Crippen LogP contribution in [-0.2, 0) is 6.54 Å². The van der Waals surface area contributed by atoms with Crippen LogP contribution in [0.3, 0.4) is 0 Å². The zero-order chi connectivity index (χ0) is 16.2. The van der Waals surface area contributed by atoms with Crippen molar-refractivity contribution in [2.45, 2.75) is 45.2 Å². The Kier molecular flexibility index (Phi) is 4.65. The number of nitrogens with one attached hydrogen (secondary N) is 2. The van der Waals surface area contributed by atoms with Gasteiger partial charge in [0.25, 0.3) is 0 Å². The van der Waals surface area contributed by atoms with Gasteiger partial charge in [0.15, 0.2) is 0 Å². The van der Waals surface area contributed by atoms with E-state index in [1.807, 2.05) is 18.2 Å². The molecule has 1 saturated carbocycles. The van der Waals surface area contributed by atoms with Gasteiger partial charge in [-0.1, -0.05) is 12.1 Å². The zero-order valence-electron chi connectivity index (χ0n) is 14.0.